The number of carbonyl (C=O) groups is 1. The molecule has 0 saturated carbocycles. The molecule has 0 spiro atoms. The van der Waals surface area contributed by atoms with Crippen LogP contribution < -0.4 is 10.3 Å². The molecule has 1 aliphatic heterocycles. The van der Waals surface area contributed by atoms with E-state index in [0.29, 0.717) is 17.4 Å². The van der Waals surface area contributed by atoms with Crippen LogP contribution in [0.15, 0.2) is 57.7 Å². The molecule has 2 aromatic carbocycles. The number of aryl methyl sites for hydroxylation is 1. The van der Waals surface area contributed by atoms with Gasteiger partial charge in [0.1, 0.15) is 5.58 Å². The van der Waals surface area contributed by atoms with E-state index in [2.05, 4.69) is 0 Å². The van der Waals surface area contributed by atoms with E-state index in [1.165, 1.54) is 11.0 Å². The molecule has 4 rings (SSSR count). The fourth-order valence-electron chi connectivity index (χ4n) is 4.00. The molecule has 0 N–H and O–H groups in total. The van der Waals surface area contributed by atoms with Crippen LogP contribution >= 0.6 is 0 Å². The van der Waals surface area contributed by atoms with Crippen molar-refractivity contribution in [1.29, 1.82) is 0 Å². The predicted molar refractivity (Wildman–Crippen MR) is 125 cm³/mol. The molecule has 1 atom stereocenters. The van der Waals surface area contributed by atoms with Crippen LogP contribution in [0.1, 0.15) is 28.1 Å². The van der Waals surface area contributed by atoms with Crippen molar-refractivity contribution in [2.75, 3.05) is 30.5 Å². The molecular formula is C24H26N2O5S. The summed E-state index contributed by atoms with van der Waals surface area (Å²) in [6.07, 6.45) is 0.362. The number of benzene rings is 2. The zero-order chi connectivity index (χ0) is 23.0. The zero-order valence-corrected chi connectivity index (χ0v) is 19.2. The Morgan fingerprint density at radius 1 is 1.09 bits per heavy atom. The Labute approximate surface area is 187 Å². The molecule has 168 valence electrons. The van der Waals surface area contributed by atoms with E-state index in [0.717, 1.165) is 16.8 Å². The molecule has 1 aromatic heterocycles. The molecule has 0 aliphatic carbocycles. The van der Waals surface area contributed by atoms with E-state index >= 15 is 0 Å². The van der Waals surface area contributed by atoms with Gasteiger partial charge in [-0.15, -0.1) is 0 Å². The average molecular weight is 455 g/mol. The first kappa shape index (κ1) is 22.1. The van der Waals surface area contributed by atoms with Crippen molar-refractivity contribution < 1.29 is 17.6 Å². The Morgan fingerprint density at radius 3 is 2.44 bits per heavy atom. The highest BCUT2D eigenvalue weighted by atomic mass is 32.2. The Hall–Kier alpha value is -3.13. The number of sulfone groups is 1. The topological polar surface area (TPSA) is 87.9 Å². The summed E-state index contributed by atoms with van der Waals surface area (Å²) < 4.78 is 30.0. The second kappa shape index (κ2) is 8.43. The SMILES string of the molecule is Cc1ccc2oc(C(=O)N(Cc3ccc(N(C)C)cc3)C3CCS(=O)(=O)C3)cc(=O)c2c1. The molecule has 2 heterocycles. The number of hydrogen-bond donors (Lipinski definition) is 0. The van der Waals surface area contributed by atoms with Crippen LogP contribution in [-0.4, -0.2) is 50.9 Å². The van der Waals surface area contributed by atoms with Crippen molar-refractivity contribution in [2.24, 2.45) is 0 Å². The third kappa shape index (κ3) is 4.55. The fourth-order valence-corrected chi connectivity index (χ4v) is 5.73. The Bertz CT molecular complexity index is 1330. The lowest BCUT2D eigenvalue weighted by Gasteiger charge is -2.28. The smallest absolute Gasteiger partial charge is 0.290 e. The fraction of sp³-hybridized carbons (Fsp3) is 0.333. The van der Waals surface area contributed by atoms with Crippen LogP contribution in [0.3, 0.4) is 0 Å². The van der Waals surface area contributed by atoms with Gasteiger partial charge in [0.2, 0.25) is 0 Å². The van der Waals surface area contributed by atoms with E-state index in [1.54, 1.807) is 12.1 Å². The largest absolute Gasteiger partial charge is 0.451 e. The van der Waals surface area contributed by atoms with Crippen molar-refractivity contribution in [3.05, 3.63) is 75.6 Å². The van der Waals surface area contributed by atoms with Gasteiger partial charge in [-0.2, -0.15) is 0 Å². The molecule has 8 heteroatoms. The minimum atomic E-state index is -3.21. The van der Waals surface area contributed by atoms with Gasteiger partial charge in [0, 0.05) is 38.4 Å². The quantitative estimate of drug-likeness (QED) is 0.589. The van der Waals surface area contributed by atoms with E-state index in [-0.39, 0.29) is 29.2 Å². The first-order valence-electron chi connectivity index (χ1n) is 10.5. The molecule has 7 nitrogen and oxygen atoms in total. The number of fused-ring (bicyclic) bond motifs is 1. The minimum Gasteiger partial charge on any atom is -0.451 e. The summed E-state index contributed by atoms with van der Waals surface area (Å²) in [6.45, 7) is 2.10. The van der Waals surface area contributed by atoms with Gasteiger partial charge in [-0.1, -0.05) is 23.8 Å². The summed E-state index contributed by atoms with van der Waals surface area (Å²) >= 11 is 0. The third-order valence-electron chi connectivity index (χ3n) is 5.81. The third-order valence-corrected chi connectivity index (χ3v) is 7.56. The molecule has 0 bridgehead atoms. The van der Waals surface area contributed by atoms with Gasteiger partial charge in [0.05, 0.1) is 16.9 Å². The number of nitrogens with zero attached hydrogens (tertiary/aromatic N) is 2. The maximum absolute atomic E-state index is 13.5. The lowest BCUT2D eigenvalue weighted by Crippen LogP contribution is -2.40. The van der Waals surface area contributed by atoms with Gasteiger partial charge in [0.15, 0.2) is 21.0 Å². The van der Waals surface area contributed by atoms with Gasteiger partial charge in [-0.25, -0.2) is 8.42 Å². The van der Waals surface area contributed by atoms with Crippen LogP contribution in [0.25, 0.3) is 11.0 Å². The lowest BCUT2D eigenvalue weighted by molar-refractivity contribution is 0.0648. The van der Waals surface area contributed by atoms with Crippen LogP contribution in [0.2, 0.25) is 0 Å². The van der Waals surface area contributed by atoms with Crippen molar-refractivity contribution in [3.8, 4) is 0 Å². The van der Waals surface area contributed by atoms with Crippen LogP contribution in [0.5, 0.6) is 0 Å². The van der Waals surface area contributed by atoms with E-state index < -0.39 is 21.8 Å². The monoisotopic (exact) mass is 454 g/mol. The minimum absolute atomic E-state index is 0.0436. The van der Waals surface area contributed by atoms with Gasteiger partial charge < -0.3 is 14.2 Å². The van der Waals surface area contributed by atoms with Gasteiger partial charge in [0.25, 0.3) is 5.91 Å². The van der Waals surface area contributed by atoms with Crippen LogP contribution in [0.4, 0.5) is 5.69 Å². The number of amides is 1. The molecule has 1 amide bonds. The maximum Gasteiger partial charge on any atom is 0.290 e. The maximum atomic E-state index is 13.5. The standard InChI is InChI=1S/C24H26N2O5S/c1-16-4-9-22-20(12-16)21(27)13-23(31-22)24(28)26(19-10-11-32(29,30)15-19)14-17-5-7-18(8-6-17)25(2)3/h4-9,12-13,19H,10-11,14-15H2,1-3H3. The van der Waals surface area contributed by atoms with Crippen molar-refractivity contribution in [2.45, 2.75) is 25.9 Å². The van der Waals surface area contributed by atoms with Crippen LogP contribution in [-0.2, 0) is 16.4 Å². The van der Waals surface area contributed by atoms with Crippen LogP contribution in [0, 0.1) is 6.92 Å². The summed E-state index contributed by atoms with van der Waals surface area (Å²) in [5.41, 5.74) is 2.84. The summed E-state index contributed by atoms with van der Waals surface area (Å²) in [5.74, 6) is -0.614. The van der Waals surface area contributed by atoms with E-state index in [9.17, 15) is 18.0 Å². The van der Waals surface area contributed by atoms with E-state index in [4.69, 9.17) is 4.42 Å². The molecule has 0 radical (unpaired) electrons. The number of rotatable bonds is 5. The van der Waals surface area contributed by atoms with Crippen molar-refractivity contribution in [3.63, 3.8) is 0 Å². The Kier molecular flexibility index (Phi) is 5.81. The second-order valence-electron chi connectivity index (χ2n) is 8.53. The Morgan fingerprint density at radius 2 is 1.81 bits per heavy atom. The Balaban J connectivity index is 1.70. The molecule has 1 fully saturated rings. The van der Waals surface area contributed by atoms with Crippen molar-refractivity contribution >= 4 is 32.4 Å². The summed E-state index contributed by atoms with van der Waals surface area (Å²) in [7, 11) is 0.677. The molecule has 1 aliphatic rings. The summed E-state index contributed by atoms with van der Waals surface area (Å²) in [4.78, 5) is 29.6. The van der Waals surface area contributed by atoms with Gasteiger partial charge >= 0.3 is 0 Å². The number of anilines is 1. The highest BCUT2D eigenvalue weighted by Crippen LogP contribution is 2.24. The first-order valence-corrected chi connectivity index (χ1v) is 12.3. The summed E-state index contributed by atoms with van der Waals surface area (Å²) in [5, 5.41) is 0.413. The molecule has 1 unspecified atom stereocenters. The normalized spacial score (nSPS) is 17.4. The van der Waals surface area contributed by atoms with Gasteiger partial charge in [-0.3, -0.25) is 9.59 Å². The molecule has 3 aromatic rings. The first-order chi connectivity index (χ1) is 15.1. The summed E-state index contributed by atoms with van der Waals surface area (Å²) in [6, 6.07) is 13.7. The highest BCUT2D eigenvalue weighted by Gasteiger charge is 2.36. The number of carbonyl (C=O) groups excluding carboxylic acids is 1. The lowest BCUT2D eigenvalue weighted by atomic mass is 10.1. The van der Waals surface area contributed by atoms with Gasteiger partial charge in [-0.05, 0) is 43.2 Å². The average Bonchev–Trinajstić information content (AvgIpc) is 3.11. The van der Waals surface area contributed by atoms with E-state index in [1.807, 2.05) is 56.3 Å². The zero-order valence-electron chi connectivity index (χ0n) is 18.4. The molecular weight excluding hydrogens is 428 g/mol. The predicted octanol–water partition coefficient (Wildman–Crippen LogP) is 3.00. The molecule has 32 heavy (non-hydrogen) atoms. The number of hydrogen-bond acceptors (Lipinski definition) is 6. The second-order valence-corrected chi connectivity index (χ2v) is 10.8. The van der Waals surface area contributed by atoms with Crippen molar-refractivity contribution in [1.82, 2.24) is 4.90 Å². The highest BCUT2D eigenvalue weighted by molar-refractivity contribution is 7.91. The molecule has 1 saturated heterocycles.